The zero-order valence-corrected chi connectivity index (χ0v) is 31.5. The molecular weight excluding hydrogens is 637 g/mol. The highest BCUT2D eigenvalue weighted by Crippen LogP contribution is 2.46. The first-order chi connectivity index (χ1) is 23.1. The van der Waals surface area contributed by atoms with Gasteiger partial charge in [0.05, 0.1) is 15.9 Å². The largest absolute Gasteiger partial charge is 0.507 e. The normalized spacial score (nSPS) is 13.0. The Morgan fingerprint density at radius 1 is 0.612 bits per heavy atom. The molecule has 0 bridgehead atoms. The van der Waals surface area contributed by atoms with Crippen molar-refractivity contribution in [2.45, 2.75) is 78.6 Å². The van der Waals surface area contributed by atoms with Gasteiger partial charge in [-0.1, -0.05) is 117 Å². The summed E-state index contributed by atoms with van der Waals surface area (Å²) in [6.07, 6.45) is 1.82. The number of hydrogen-bond donors (Lipinski definition) is 1. The Morgan fingerprint density at radius 3 is 2.00 bits per heavy atom. The van der Waals surface area contributed by atoms with E-state index in [1.54, 1.807) is 11.3 Å². The molecule has 3 nitrogen and oxygen atoms in total. The van der Waals surface area contributed by atoms with Gasteiger partial charge < -0.3 is 5.11 Å². The maximum atomic E-state index is 11.4. The number of aromatic nitrogens is 1. The highest BCUT2D eigenvalue weighted by molar-refractivity contribution is 7.26. The molecule has 7 aromatic rings. The van der Waals surface area contributed by atoms with Crippen molar-refractivity contribution < 1.29 is 5.11 Å². The summed E-state index contributed by atoms with van der Waals surface area (Å²) in [5.41, 5.74) is 9.01. The molecule has 0 saturated carbocycles. The number of thiophene rings is 1. The van der Waals surface area contributed by atoms with E-state index in [4.69, 9.17) is 9.98 Å². The Bertz CT molecular complexity index is 2410. The van der Waals surface area contributed by atoms with E-state index in [1.165, 1.54) is 47.1 Å². The summed E-state index contributed by atoms with van der Waals surface area (Å²) in [6.45, 7) is 19.9. The second-order valence-electron chi connectivity index (χ2n) is 16.2. The summed E-state index contributed by atoms with van der Waals surface area (Å²) in [5, 5.41) is 14.9. The Balaban J connectivity index is 1.39. The van der Waals surface area contributed by atoms with Crippen LogP contribution >= 0.6 is 22.7 Å². The first-order valence-electron chi connectivity index (χ1n) is 17.0. The van der Waals surface area contributed by atoms with Crippen molar-refractivity contribution in [2.75, 3.05) is 0 Å². The van der Waals surface area contributed by atoms with E-state index in [1.807, 2.05) is 29.7 Å². The van der Waals surface area contributed by atoms with Crippen LogP contribution in [0.15, 0.2) is 96.0 Å². The lowest BCUT2D eigenvalue weighted by atomic mass is 9.79. The fourth-order valence-electron chi connectivity index (χ4n) is 6.41. The maximum Gasteiger partial charge on any atom is 0.128 e. The second kappa shape index (κ2) is 11.9. The summed E-state index contributed by atoms with van der Waals surface area (Å²) >= 11 is 3.58. The standard InChI is InChI=1S/C44H44N2OS2/c1-42(2,3)27-21-26(39(47)34(23-27)44(7,8)9)25-45-35-19-12-10-16-32(35)41-46-38-33(22-28(43(4,5)6)24-37(38)49-41)31-18-14-17-30-29-15-11-13-20-36(29)48-40(30)31/h10-25,47H,1-9H3. The highest BCUT2D eigenvalue weighted by atomic mass is 32.1. The van der Waals surface area contributed by atoms with Crippen LogP contribution in [0.5, 0.6) is 5.75 Å². The minimum absolute atomic E-state index is 0.0289. The third-order valence-electron chi connectivity index (χ3n) is 9.35. The fraction of sp³-hybridized carbons (Fsp3) is 0.273. The molecule has 0 spiro atoms. The van der Waals surface area contributed by atoms with Gasteiger partial charge in [0.1, 0.15) is 10.8 Å². The number of benzene rings is 5. The molecule has 5 aromatic carbocycles. The number of fused-ring (bicyclic) bond motifs is 4. The van der Waals surface area contributed by atoms with Crippen molar-refractivity contribution in [1.82, 2.24) is 4.98 Å². The summed E-state index contributed by atoms with van der Waals surface area (Å²) < 4.78 is 3.76. The third kappa shape index (κ3) is 6.19. The van der Waals surface area contributed by atoms with Gasteiger partial charge in [-0.2, -0.15) is 0 Å². The minimum Gasteiger partial charge on any atom is -0.507 e. The van der Waals surface area contributed by atoms with E-state index in [9.17, 15) is 5.11 Å². The number of aliphatic imine (C=N–C) groups is 1. The lowest BCUT2D eigenvalue weighted by molar-refractivity contribution is 0.444. The van der Waals surface area contributed by atoms with E-state index >= 15 is 0 Å². The van der Waals surface area contributed by atoms with Gasteiger partial charge in [-0.25, -0.2) is 4.98 Å². The van der Waals surface area contributed by atoms with Gasteiger partial charge in [0.25, 0.3) is 0 Å². The number of phenols is 1. The van der Waals surface area contributed by atoms with Gasteiger partial charge in [-0.05, 0) is 63.8 Å². The summed E-state index contributed by atoms with van der Waals surface area (Å²) in [6, 6.07) is 32.4. The van der Waals surface area contributed by atoms with E-state index < -0.39 is 0 Å². The number of nitrogens with zero attached hydrogens (tertiary/aromatic N) is 2. The molecule has 0 aliphatic heterocycles. The monoisotopic (exact) mass is 680 g/mol. The molecule has 0 fully saturated rings. The lowest BCUT2D eigenvalue weighted by Crippen LogP contribution is -2.17. The predicted molar refractivity (Wildman–Crippen MR) is 215 cm³/mol. The predicted octanol–water partition coefficient (Wildman–Crippen LogP) is 13.3. The van der Waals surface area contributed by atoms with E-state index in [0.717, 1.165) is 32.9 Å². The van der Waals surface area contributed by atoms with Gasteiger partial charge in [0, 0.05) is 54.2 Å². The van der Waals surface area contributed by atoms with Crippen molar-refractivity contribution in [2.24, 2.45) is 4.99 Å². The molecule has 49 heavy (non-hydrogen) atoms. The molecule has 7 rings (SSSR count). The molecule has 1 N–H and O–H groups in total. The molecule has 0 unspecified atom stereocenters. The van der Waals surface area contributed by atoms with Crippen molar-refractivity contribution in [3.63, 3.8) is 0 Å². The Labute approximate surface area is 298 Å². The van der Waals surface area contributed by atoms with Crippen LogP contribution in [0.3, 0.4) is 0 Å². The number of rotatable bonds is 4. The molecule has 2 aromatic heterocycles. The highest BCUT2D eigenvalue weighted by Gasteiger charge is 2.25. The van der Waals surface area contributed by atoms with Crippen molar-refractivity contribution in [1.29, 1.82) is 0 Å². The summed E-state index contributed by atoms with van der Waals surface area (Å²) in [5.74, 6) is 0.288. The molecular formula is C44H44N2OS2. The van der Waals surface area contributed by atoms with Crippen LogP contribution in [0.4, 0.5) is 5.69 Å². The van der Waals surface area contributed by atoms with E-state index in [2.05, 4.69) is 141 Å². The number of phenolic OH excluding ortho intramolecular Hbond substituents is 1. The third-order valence-corrected chi connectivity index (χ3v) is 11.6. The van der Waals surface area contributed by atoms with Gasteiger partial charge >= 0.3 is 0 Å². The van der Waals surface area contributed by atoms with Crippen LogP contribution in [0, 0.1) is 0 Å². The molecule has 0 atom stereocenters. The number of para-hydroxylation sites is 1. The Morgan fingerprint density at radius 2 is 1.27 bits per heavy atom. The molecule has 248 valence electrons. The van der Waals surface area contributed by atoms with Gasteiger partial charge in [0.15, 0.2) is 0 Å². The van der Waals surface area contributed by atoms with Crippen LogP contribution in [0.1, 0.15) is 84.6 Å². The summed E-state index contributed by atoms with van der Waals surface area (Å²) in [7, 11) is 0. The van der Waals surface area contributed by atoms with Crippen molar-refractivity contribution in [3.8, 4) is 27.4 Å². The molecule has 0 saturated heterocycles. The topological polar surface area (TPSA) is 45.5 Å². The SMILES string of the molecule is CC(C)(C)c1cc(C=Nc2ccccc2-c2nc3c(-c4cccc5c4sc4ccccc45)cc(C(C)(C)C)cc3s2)c(O)c(C(C)(C)C)c1. The average molecular weight is 681 g/mol. The number of thiazole rings is 1. The summed E-state index contributed by atoms with van der Waals surface area (Å²) in [4.78, 5) is 10.4. The molecule has 0 aliphatic carbocycles. The molecule has 0 radical (unpaired) electrons. The van der Waals surface area contributed by atoms with Crippen LogP contribution in [-0.2, 0) is 16.2 Å². The van der Waals surface area contributed by atoms with Crippen LogP contribution in [0.2, 0.25) is 0 Å². The number of aromatic hydroxyl groups is 1. The Hall–Kier alpha value is -4.32. The quantitative estimate of drug-likeness (QED) is 0.188. The smallest absolute Gasteiger partial charge is 0.128 e. The number of hydrogen-bond acceptors (Lipinski definition) is 5. The van der Waals surface area contributed by atoms with Crippen LogP contribution in [0.25, 0.3) is 52.1 Å². The Kier molecular flexibility index (Phi) is 8.08. The molecule has 0 aliphatic rings. The van der Waals surface area contributed by atoms with Gasteiger partial charge in [-0.3, -0.25) is 4.99 Å². The van der Waals surface area contributed by atoms with Crippen LogP contribution < -0.4 is 0 Å². The van der Waals surface area contributed by atoms with E-state index in [0.29, 0.717) is 0 Å². The lowest BCUT2D eigenvalue weighted by Gasteiger charge is -2.27. The van der Waals surface area contributed by atoms with Crippen LogP contribution in [-0.4, -0.2) is 16.3 Å². The molecule has 0 amide bonds. The average Bonchev–Trinajstić information content (AvgIpc) is 3.64. The van der Waals surface area contributed by atoms with Gasteiger partial charge in [-0.15, -0.1) is 22.7 Å². The van der Waals surface area contributed by atoms with Crippen molar-refractivity contribution in [3.05, 3.63) is 113 Å². The van der Waals surface area contributed by atoms with Gasteiger partial charge in [0.2, 0.25) is 0 Å². The minimum atomic E-state index is -0.212. The second-order valence-corrected chi connectivity index (χ2v) is 18.2. The zero-order valence-electron chi connectivity index (χ0n) is 29.9. The van der Waals surface area contributed by atoms with Crippen molar-refractivity contribution >= 4 is 65.0 Å². The molecule has 2 heterocycles. The first kappa shape index (κ1) is 33.2. The zero-order chi connectivity index (χ0) is 34.9. The molecule has 5 heteroatoms. The first-order valence-corrected chi connectivity index (χ1v) is 18.6. The maximum absolute atomic E-state index is 11.4. The fourth-order valence-corrected chi connectivity index (χ4v) is 8.70. The van der Waals surface area contributed by atoms with E-state index in [-0.39, 0.29) is 22.0 Å².